The number of benzene rings is 2. The minimum Gasteiger partial charge on any atom is -0.493 e. The number of nitrogens with zero attached hydrogens (tertiary/aromatic N) is 2. The van der Waals surface area contributed by atoms with E-state index in [9.17, 15) is 4.79 Å². The highest BCUT2D eigenvalue weighted by Crippen LogP contribution is 2.32. The highest BCUT2D eigenvalue weighted by atomic mass is 32.2. The van der Waals surface area contributed by atoms with Gasteiger partial charge in [-0.3, -0.25) is 4.79 Å². The van der Waals surface area contributed by atoms with Crippen molar-refractivity contribution in [3.05, 3.63) is 59.2 Å². The Labute approximate surface area is 178 Å². The fraction of sp³-hybridized carbons (Fsp3) is 0.286. The van der Waals surface area contributed by atoms with Crippen LogP contribution < -0.4 is 15.4 Å². The number of thioether (sulfide) groups is 1. The van der Waals surface area contributed by atoms with Gasteiger partial charge >= 0.3 is 0 Å². The summed E-state index contributed by atoms with van der Waals surface area (Å²) in [6.45, 7) is 4.77. The number of rotatable bonds is 6. The molecule has 0 bridgehead atoms. The van der Waals surface area contributed by atoms with E-state index < -0.39 is 0 Å². The summed E-state index contributed by atoms with van der Waals surface area (Å²) in [5.41, 5.74) is 4.47. The zero-order valence-corrected chi connectivity index (χ0v) is 17.9. The zero-order valence-electron chi connectivity index (χ0n) is 16.3. The number of hydrogen-bond donors (Lipinski definition) is 2. The minimum atomic E-state index is -0.0176. The Kier molecular flexibility index (Phi) is 6.01. The van der Waals surface area contributed by atoms with E-state index in [4.69, 9.17) is 4.74 Å². The second kappa shape index (κ2) is 8.84. The highest BCUT2D eigenvalue weighted by molar-refractivity contribution is 8.01. The number of anilines is 2. The quantitative estimate of drug-likeness (QED) is 0.560. The maximum absolute atomic E-state index is 12.4. The highest BCUT2D eigenvalue weighted by Gasteiger charge is 2.22. The van der Waals surface area contributed by atoms with Crippen LogP contribution in [0.25, 0.3) is 0 Å². The summed E-state index contributed by atoms with van der Waals surface area (Å²) in [7, 11) is 0. The van der Waals surface area contributed by atoms with Gasteiger partial charge in [0.2, 0.25) is 11.0 Å². The van der Waals surface area contributed by atoms with Crippen molar-refractivity contribution < 1.29 is 9.53 Å². The molecule has 150 valence electrons. The average Bonchev–Trinajstić information content (AvgIpc) is 3.18. The number of para-hydroxylation sites is 1. The van der Waals surface area contributed by atoms with Crippen molar-refractivity contribution in [2.24, 2.45) is 0 Å². The lowest BCUT2D eigenvalue weighted by molar-refractivity contribution is -0.119. The van der Waals surface area contributed by atoms with Crippen molar-refractivity contribution in [1.29, 1.82) is 0 Å². The first-order valence-corrected chi connectivity index (χ1v) is 11.2. The van der Waals surface area contributed by atoms with Crippen molar-refractivity contribution in [2.45, 2.75) is 30.6 Å². The lowest BCUT2D eigenvalue weighted by Crippen LogP contribution is -2.33. The largest absolute Gasteiger partial charge is 0.493 e. The number of amides is 1. The van der Waals surface area contributed by atoms with E-state index in [1.54, 1.807) is 0 Å². The molecule has 0 aliphatic carbocycles. The Morgan fingerprint density at radius 2 is 2.07 bits per heavy atom. The first-order valence-electron chi connectivity index (χ1n) is 9.41. The number of carbonyl (C=O) groups excluding carboxylic acids is 1. The molecule has 8 heteroatoms. The Morgan fingerprint density at radius 3 is 2.97 bits per heavy atom. The van der Waals surface area contributed by atoms with E-state index in [1.807, 2.05) is 36.4 Å². The summed E-state index contributed by atoms with van der Waals surface area (Å²) in [5.74, 6) is 1.14. The minimum absolute atomic E-state index is 0.0102. The third-order valence-corrected chi connectivity index (χ3v) is 6.85. The molecular weight excluding hydrogens is 404 g/mol. The van der Waals surface area contributed by atoms with Crippen LogP contribution in [0.2, 0.25) is 0 Å². The van der Waals surface area contributed by atoms with Crippen molar-refractivity contribution in [3.63, 3.8) is 0 Å². The molecule has 2 heterocycles. The Hall–Kier alpha value is -2.58. The molecule has 0 spiro atoms. The summed E-state index contributed by atoms with van der Waals surface area (Å²) in [4.78, 5) is 12.4. The monoisotopic (exact) mass is 426 g/mol. The normalized spacial score (nSPS) is 15.3. The summed E-state index contributed by atoms with van der Waals surface area (Å²) < 4.78 is 6.42. The van der Waals surface area contributed by atoms with Crippen LogP contribution in [0.1, 0.15) is 29.2 Å². The molecule has 2 N–H and O–H groups in total. The number of fused-ring (bicyclic) bond motifs is 1. The van der Waals surface area contributed by atoms with Gasteiger partial charge in [-0.1, -0.05) is 53.4 Å². The first kappa shape index (κ1) is 19.7. The van der Waals surface area contributed by atoms with Crippen molar-refractivity contribution in [3.8, 4) is 5.75 Å². The molecule has 1 atom stereocenters. The standard InChI is InChI=1S/C21H22N4O2S2/c1-13-6-5-8-16(14(13)2)23-20-24-25-21(29-20)28-12-19(26)22-17-10-11-27-18-9-4-3-7-15(17)18/h3-9,17H,10-12H2,1-2H3,(H,22,26)(H,23,24)/t17-/m1/s1. The Balaban J connectivity index is 1.32. The average molecular weight is 427 g/mol. The van der Waals surface area contributed by atoms with Gasteiger partial charge in [-0.05, 0) is 37.1 Å². The zero-order chi connectivity index (χ0) is 20.2. The molecule has 0 fully saturated rings. The molecular formula is C21H22N4O2S2. The topological polar surface area (TPSA) is 76.1 Å². The predicted molar refractivity (Wildman–Crippen MR) is 117 cm³/mol. The fourth-order valence-corrected chi connectivity index (χ4v) is 4.75. The van der Waals surface area contributed by atoms with E-state index >= 15 is 0 Å². The van der Waals surface area contributed by atoms with Gasteiger partial charge in [-0.2, -0.15) is 0 Å². The van der Waals surface area contributed by atoms with Crippen LogP contribution in [-0.2, 0) is 4.79 Å². The molecule has 29 heavy (non-hydrogen) atoms. The number of nitrogens with one attached hydrogen (secondary N) is 2. The second-order valence-electron chi connectivity index (χ2n) is 6.83. The molecule has 0 unspecified atom stereocenters. The van der Waals surface area contributed by atoms with Gasteiger partial charge < -0.3 is 15.4 Å². The van der Waals surface area contributed by atoms with Gasteiger partial charge in [0.15, 0.2) is 4.34 Å². The number of aromatic nitrogens is 2. The van der Waals surface area contributed by atoms with E-state index in [0.29, 0.717) is 12.4 Å². The Bertz CT molecular complexity index is 1020. The van der Waals surface area contributed by atoms with Gasteiger partial charge in [-0.15, -0.1) is 10.2 Å². The van der Waals surface area contributed by atoms with Crippen LogP contribution in [0, 0.1) is 13.8 Å². The maximum atomic E-state index is 12.4. The van der Waals surface area contributed by atoms with Gasteiger partial charge in [-0.25, -0.2) is 0 Å². The lowest BCUT2D eigenvalue weighted by Gasteiger charge is -2.26. The van der Waals surface area contributed by atoms with Crippen LogP contribution in [0.5, 0.6) is 5.75 Å². The lowest BCUT2D eigenvalue weighted by atomic mass is 10.0. The van der Waals surface area contributed by atoms with Gasteiger partial charge in [0.25, 0.3) is 0 Å². The van der Waals surface area contributed by atoms with E-state index in [1.165, 1.54) is 34.2 Å². The smallest absolute Gasteiger partial charge is 0.230 e. The summed E-state index contributed by atoms with van der Waals surface area (Å²) in [6.07, 6.45) is 0.774. The van der Waals surface area contributed by atoms with Gasteiger partial charge in [0.05, 0.1) is 18.4 Å². The third kappa shape index (κ3) is 4.71. The molecule has 3 aromatic rings. The molecule has 1 aromatic heterocycles. The molecule has 4 rings (SSSR count). The number of hydrogen-bond acceptors (Lipinski definition) is 7. The van der Waals surface area contributed by atoms with Crippen LogP contribution in [-0.4, -0.2) is 28.5 Å². The van der Waals surface area contributed by atoms with Crippen molar-refractivity contribution in [1.82, 2.24) is 15.5 Å². The molecule has 1 aliphatic heterocycles. The molecule has 2 aromatic carbocycles. The molecule has 6 nitrogen and oxygen atoms in total. The van der Waals surface area contributed by atoms with Gasteiger partial charge in [0.1, 0.15) is 5.75 Å². The SMILES string of the molecule is Cc1cccc(Nc2nnc(SCC(=O)N[C@@H]3CCOc4ccccc43)s2)c1C. The Morgan fingerprint density at radius 1 is 1.21 bits per heavy atom. The van der Waals surface area contributed by atoms with Crippen molar-refractivity contribution >= 4 is 39.8 Å². The number of carbonyl (C=O) groups is 1. The predicted octanol–water partition coefficient (Wildman–Crippen LogP) is 4.63. The molecule has 0 saturated heterocycles. The molecule has 0 saturated carbocycles. The van der Waals surface area contributed by atoms with Crippen LogP contribution >= 0.6 is 23.1 Å². The number of aryl methyl sites for hydroxylation is 1. The van der Waals surface area contributed by atoms with Gasteiger partial charge in [0, 0.05) is 17.7 Å². The first-order chi connectivity index (χ1) is 14.1. The summed E-state index contributed by atoms with van der Waals surface area (Å²) >= 11 is 2.85. The maximum Gasteiger partial charge on any atom is 0.230 e. The van der Waals surface area contributed by atoms with E-state index in [2.05, 4.69) is 40.7 Å². The van der Waals surface area contributed by atoms with E-state index in [-0.39, 0.29) is 11.9 Å². The third-order valence-electron chi connectivity index (χ3n) is 4.87. The molecule has 0 radical (unpaired) electrons. The molecule has 1 aliphatic rings. The second-order valence-corrected chi connectivity index (χ2v) is 9.03. The summed E-state index contributed by atoms with van der Waals surface area (Å²) in [6, 6.07) is 14.0. The van der Waals surface area contributed by atoms with Crippen LogP contribution in [0.4, 0.5) is 10.8 Å². The summed E-state index contributed by atoms with van der Waals surface area (Å²) in [5, 5.41) is 15.5. The fourth-order valence-electron chi connectivity index (χ4n) is 3.18. The number of ether oxygens (including phenoxy) is 1. The molecule has 1 amide bonds. The van der Waals surface area contributed by atoms with Crippen molar-refractivity contribution in [2.75, 3.05) is 17.7 Å². The van der Waals surface area contributed by atoms with Crippen LogP contribution in [0.3, 0.4) is 0 Å². The van der Waals surface area contributed by atoms with Crippen LogP contribution in [0.15, 0.2) is 46.8 Å². The van der Waals surface area contributed by atoms with E-state index in [0.717, 1.165) is 32.9 Å².